The van der Waals surface area contributed by atoms with Gasteiger partial charge in [0.05, 0.1) is 17.6 Å². The Morgan fingerprint density at radius 1 is 1.48 bits per heavy atom. The molecule has 6 nitrogen and oxygen atoms in total. The first kappa shape index (κ1) is 15.3. The molecule has 2 heterocycles. The zero-order chi connectivity index (χ0) is 15.5. The molecule has 0 bridgehead atoms. The van der Waals surface area contributed by atoms with Gasteiger partial charge in [-0.25, -0.2) is 9.78 Å². The highest BCUT2D eigenvalue weighted by Crippen LogP contribution is 2.32. The second-order valence-corrected chi connectivity index (χ2v) is 5.44. The van der Waals surface area contributed by atoms with Crippen LogP contribution in [0, 0.1) is 5.41 Å². The second-order valence-electron chi connectivity index (χ2n) is 5.44. The number of aromatic nitrogens is 1. The minimum absolute atomic E-state index is 0.0492. The maximum atomic E-state index is 11.9. The number of amides is 1. The van der Waals surface area contributed by atoms with E-state index in [4.69, 9.17) is 4.74 Å². The van der Waals surface area contributed by atoms with Gasteiger partial charge in [0.2, 0.25) is 5.91 Å². The average Bonchev–Trinajstić information content (AvgIpc) is 2.90. The summed E-state index contributed by atoms with van der Waals surface area (Å²) < 4.78 is 4.93. The molecule has 1 fully saturated rings. The van der Waals surface area contributed by atoms with Gasteiger partial charge in [-0.15, -0.1) is 0 Å². The van der Waals surface area contributed by atoms with Crippen LogP contribution >= 0.6 is 0 Å². The minimum Gasteiger partial charge on any atom is -0.462 e. The lowest BCUT2D eigenvalue weighted by Crippen LogP contribution is -2.39. The number of hydrogen-bond donors (Lipinski definition) is 1. The van der Waals surface area contributed by atoms with Crippen LogP contribution in [0.15, 0.2) is 18.3 Å². The summed E-state index contributed by atoms with van der Waals surface area (Å²) in [7, 11) is 1.66. The number of nitrogens with zero attached hydrogens (tertiary/aromatic N) is 2. The van der Waals surface area contributed by atoms with Gasteiger partial charge in [-0.05, 0) is 32.4 Å². The van der Waals surface area contributed by atoms with Gasteiger partial charge >= 0.3 is 5.97 Å². The summed E-state index contributed by atoms with van der Waals surface area (Å²) in [6.07, 6.45) is 2.30. The molecule has 1 saturated heterocycles. The number of carbonyl (C=O) groups is 2. The van der Waals surface area contributed by atoms with Crippen molar-refractivity contribution in [1.29, 1.82) is 0 Å². The number of carbonyl (C=O) groups excluding carboxylic acids is 2. The highest BCUT2D eigenvalue weighted by Gasteiger charge is 2.40. The minimum atomic E-state index is -0.393. The number of anilines is 1. The molecule has 0 radical (unpaired) electrons. The van der Waals surface area contributed by atoms with E-state index in [0.29, 0.717) is 18.7 Å². The molecule has 0 spiro atoms. The highest BCUT2D eigenvalue weighted by atomic mass is 16.5. The molecule has 114 valence electrons. The van der Waals surface area contributed by atoms with E-state index in [0.717, 1.165) is 18.8 Å². The normalized spacial score (nSPS) is 21.2. The van der Waals surface area contributed by atoms with E-state index < -0.39 is 5.41 Å². The van der Waals surface area contributed by atoms with Crippen LogP contribution < -0.4 is 10.2 Å². The first-order valence-electron chi connectivity index (χ1n) is 7.10. The topological polar surface area (TPSA) is 71.5 Å². The zero-order valence-electron chi connectivity index (χ0n) is 12.7. The van der Waals surface area contributed by atoms with E-state index >= 15 is 0 Å². The number of ether oxygens (including phenoxy) is 1. The number of rotatable bonds is 4. The van der Waals surface area contributed by atoms with Crippen LogP contribution in [0.5, 0.6) is 0 Å². The molecular weight excluding hydrogens is 270 g/mol. The Hall–Kier alpha value is -2.11. The van der Waals surface area contributed by atoms with Crippen molar-refractivity contribution in [3.8, 4) is 0 Å². The van der Waals surface area contributed by atoms with Crippen molar-refractivity contribution < 1.29 is 14.3 Å². The summed E-state index contributed by atoms with van der Waals surface area (Å²) in [6.45, 7) is 5.47. The standard InChI is InChI=1S/C15H21N3O3/c1-4-21-13(19)11-5-6-12(17-9-11)18-8-7-15(2,10-18)14(20)16-3/h5-6,9H,4,7-8,10H2,1-3H3,(H,16,20). The van der Waals surface area contributed by atoms with Crippen molar-refractivity contribution in [3.05, 3.63) is 23.9 Å². The molecule has 1 amide bonds. The molecule has 1 unspecified atom stereocenters. The second kappa shape index (κ2) is 6.11. The molecular formula is C15H21N3O3. The Labute approximate surface area is 124 Å². The molecule has 0 aliphatic carbocycles. The largest absolute Gasteiger partial charge is 0.462 e. The summed E-state index contributed by atoms with van der Waals surface area (Å²) in [4.78, 5) is 29.9. The van der Waals surface area contributed by atoms with Gasteiger partial charge in [0.1, 0.15) is 5.82 Å². The Bertz CT molecular complexity index is 529. The molecule has 0 aromatic carbocycles. The lowest BCUT2D eigenvalue weighted by atomic mass is 9.89. The summed E-state index contributed by atoms with van der Waals surface area (Å²) in [5, 5.41) is 2.71. The van der Waals surface area contributed by atoms with Crippen molar-refractivity contribution in [2.45, 2.75) is 20.3 Å². The van der Waals surface area contributed by atoms with Crippen LogP contribution in [0.3, 0.4) is 0 Å². The predicted molar refractivity (Wildman–Crippen MR) is 79.2 cm³/mol. The van der Waals surface area contributed by atoms with E-state index in [-0.39, 0.29) is 11.9 Å². The third kappa shape index (κ3) is 3.15. The Balaban J connectivity index is 2.07. The number of nitrogens with one attached hydrogen (secondary N) is 1. The van der Waals surface area contributed by atoms with Crippen molar-refractivity contribution in [2.75, 3.05) is 31.6 Å². The number of esters is 1. The fraction of sp³-hybridized carbons (Fsp3) is 0.533. The fourth-order valence-corrected chi connectivity index (χ4v) is 2.55. The van der Waals surface area contributed by atoms with E-state index in [2.05, 4.69) is 15.2 Å². The van der Waals surface area contributed by atoms with Gasteiger partial charge in [0.15, 0.2) is 0 Å². The van der Waals surface area contributed by atoms with E-state index in [1.54, 1.807) is 26.1 Å². The maximum absolute atomic E-state index is 11.9. The summed E-state index contributed by atoms with van der Waals surface area (Å²) in [5.41, 5.74) is 0.0461. The van der Waals surface area contributed by atoms with Crippen LogP contribution in [0.2, 0.25) is 0 Å². The molecule has 1 aromatic heterocycles. The zero-order valence-corrected chi connectivity index (χ0v) is 12.7. The molecule has 1 aliphatic rings. The van der Waals surface area contributed by atoms with Crippen molar-refractivity contribution >= 4 is 17.7 Å². The molecule has 1 atom stereocenters. The van der Waals surface area contributed by atoms with Crippen molar-refractivity contribution in [3.63, 3.8) is 0 Å². The molecule has 1 N–H and O–H groups in total. The van der Waals surface area contributed by atoms with Crippen LogP contribution in [-0.2, 0) is 9.53 Å². The lowest BCUT2D eigenvalue weighted by Gasteiger charge is -2.23. The monoisotopic (exact) mass is 291 g/mol. The Morgan fingerprint density at radius 2 is 2.24 bits per heavy atom. The van der Waals surface area contributed by atoms with Gasteiger partial charge in [0.25, 0.3) is 0 Å². The van der Waals surface area contributed by atoms with E-state index in [9.17, 15) is 9.59 Å². The van der Waals surface area contributed by atoms with Crippen molar-refractivity contribution in [1.82, 2.24) is 10.3 Å². The fourth-order valence-electron chi connectivity index (χ4n) is 2.55. The summed E-state index contributed by atoms with van der Waals surface area (Å²) >= 11 is 0. The summed E-state index contributed by atoms with van der Waals surface area (Å²) in [5.74, 6) is 0.456. The molecule has 0 saturated carbocycles. The first-order chi connectivity index (χ1) is 10.00. The predicted octanol–water partition coefficient (Wildman–Crippen LogP) is 1.22. The van der Waals surface area contributed by atoms with Crippen LogP contribution in [0.4, 0.5) is 5.82 Å². The molecule has 21 heavy (non-hydrogen) atoms. The first-order valence-corrected chi connectivity index (χ1v) is 7.10. The molecule has 2 rings (SSSR count). The van der Waals surface area contributed by atoms with E-state index in [1.807, 2.05) is 6.92 Å². The summed E-state index contributed by atoms with van der Waals surface area (Å²) in [6, 6.07) is 3.50. The highest BCUT2D eigenvalue weighted by molar-refractivity contribution is 5.89. The third-order valence-corrected chi connectivity index (χ3v) is 3.83. The van der Waals surface area contributed by atoms with Crippen molar-refractivity contribution in [2.24, 2.45) is 5.41 Å². The van der Waals surface area contributed by atoms with Gasteiger partial charge in [-0.1, -0.05) is 0 Å². The smallest absolute Gasteiger partial charge is 0.339 e. The SMILES string of the molecule is CCOC(=O)c1ccc(N2CCC(C)(C(=O)NC)C2)nc1. The van der Waals surface area contributed by atoms with E-state index in [1.165, 1.54) is 6.20 Å². The molecule has 6 heteroatoms. The third-order valence-electron chi connectivity index (χ3n) is 3.83. The Morgan fingerprint density at radius 3 is 2.81 bits per heavy atom. The van der Waals surface area contributed by atoms with Crippen LogP contribution in [0.1, 0.15) is 30.6 Å². The van der Waals surface area contributed by atoms with Gasteiger partial charge < -0.3 is 15.0 Å². The van der Waals surface area contributed by atoms with Gasteiger partial charge in [-0.3, -0.25) is 4.79 Å². The van der Waals surface area contributed by atoms with Gasteiger partial charge in [0, 0.05) is 26.3 Å². The number of hydrogen-bond acceptors (Lipinski definition) is 5. The number of pyridine rings is 1. The van der Waals surface area contributed by atoms with Gasteiger partial charge in [-0.2, -0.15) is 0 Å². The maximum Gasteiger partial charge on any atom is 0.339 e. The lowest BCUT2D eigenvalue weighted by molar-refractivity contribution is -0.128. The van der Waals surface area contributed by atoms with Crippen LogP contribution in [0.25, 0.3) is 0 Å². The quantitative estimate of drug-likeness (QED) is 0.845. The Kier molecular flexibility index (Phi) is 4.45. The van der Waals surface area contributed by atoms with Crippen LogP contribution in [-0.4, -0.2) is 43.6 Å². The molecule has 1 aliphatic heterocycles. The average molecular weight is 291 g/mol. The molecule has 1 aromatic rings.